The van der Waals surface area contributed by atoms with Gasteiger partial charge >= 0.3 is 0 Å². The van der Waals surface area contributed by atoms with Crippen molar-refractivity contribution in [3.63, 3.8) is 0 Å². The Morgan fingerprint density at radius 1 is 1.33 bits per heavy atom. The van der Waals surface area contributed by atoms with Gasteiger partial charge in [-0.15, -0.1) is 6.42 Å². The molecule has 2 heteroatoms. The summed E-state index contributed by atoms with van der Waals surface area (Å²) in [5.41, 5.74) is 0. The van der Waals surface area contributed by atoms with Crippen LogP contribution in [0.25, 0.3) is 0 Å². The number of hydrogen-bond donors (Lipinski definition) is 1. The zero-order valence-corrected chi connectivity index (χ0v) is 10.1. The van der Waals surface area contributed by atoms with Crippen LogP contribution in [-0.2, 0) is 0 Å². The van der Waals surface area contributed by atoms with Crippen LogP contribution in [0.5, 0.6) is 0 Å². The van der Waals surface area contributed by atoms with Crippen molar-refractivity contribution >= 4 is 0 Å². The van der Waals surface area contributed by atoms with Crippen molar-refractivity contribution in [1.29, 1.82) is 0 Å². The smallest absolute Gasteiger partial charge is 0.0686 e. The minimum Gasteiger partial charge on any atom is -0.302 e. The van der Waals surface area contributed by atoms with Crippen molar-refractivity contribution in [3.05, 3.63) is 0 Å². The number of nitrogens with one attached hydrogen (secondary N) is 1. The highest BCUT2D eigenvalue weighted by atomic mass is 15.2. The first-order chi connectivity index (χ1) is 7.26. The van der Waals surface area contributed by atoms with Gasteiger partial charge in [0.2, 0.25) is 0 Å². The van der Waals surface area contributed by atoms with Gasteiger partial charge in [-0.2, -0.15) is 0 Å². The first-order valence-electron chi connectivity index (χ1n) is 6.20. The fraction of sp³-hybridized carbons (Fsp3) is 0.846. The fourth-order valence-corrected chi connectivity index (χ4v) is 2.21. The summed E-state index contributed by atoms with van der Waals surface area (Å²) in [5, 5.41) is 3.49. The zero-order chi connectivity index (χ0) is 11.1. The molecule has 0 aromatic rings. The van der Waals surface area contributed by atoms with E-state index in [2.05, 4.69) is 30.0 Å². The molecule has 2 atom stereocenters. The number of likely N-dealkylation sites (tertiary alicyclic amines) is 1. The lowest BCUT2D eigenvalue weighted by atomic mass is 10.1. The Labute approximate surface area is 94.4 Å². The Bertz CT molecular complexity index is 201. The van der Waals surface area contributed by atoms with Gasteiger partial charge in [-0.3, -0.25) is 5.32 Å². The van der Waals surface area contributed by atoms with Crippen LogP contribution in [0.2, 0.25) is 0 Å². The number of piperidine rings is 1. The molecule has 1 saturated heterocycles. The van der Waals surface area contributed by atoms with Crippen molar-refractivity contribution in [2.24, 2.45) is 0 Å². The molecule has 1 rings (SSSR count). The summed E-state index contributed by atoms with van der Waals surface area (Å²) < 4.78 is 0. The summed E-state index contributed by atoms with van der Waals surface area (Å²) in [6.45, 7) is 8.02. The Kier molecular flexibility index (Phi) is 5.75. The largest absolute Gasteiger partial charge is 0.302 e. The highest BCUT2D eigenvalue weighted by Gasteiger charge is 2.14. The topological polar surface area (TPSA) is 15.3 Å². The molecule has 0 amide bonds. The second-order valence-electron chi connectivity index (χ2n) is 4.56. The SMILES string of the molecule is C#CC(CC)NC(C)CN1CCCCC1. The van der Waals surface area contributed by atoms with Gasteiger partial charge in [-0.1, -0.05) is 19.3 Å². The molecule has 2 nitrogen and oxygen atoms in total. The molecular weight excluding hydrogens is 184 g/mol. The Balaban J connectivity index is 2.22. The summed E-state index contributed by atoms with van der Waals surface area (Å²) in [6.07, 6.45) is 10.6. The molecular formula is C13H24N2. The quantitative estimate of drug-likeness (QED) is 0.694. The highest BCUT2D eigenvalue weighted by Crippen LogP contribution is 2.09. The zero-order valence-electron chi connectivity index (χ0n) is 10.1. The molecule has 1 fully saturated rings. The molecule has 0 saturated carbocycles. The van der Waals surface area contributed by atoms with E-state index in [1.54, 1.807) is 0 Å². The normalized spacial score (nSPS) is 21.9. The van der Waals surface area contributed by atoms with Crippen LogP contribution >= 0.6 is 0 Å². The second kappa shape index (κ2) is 6.87. The van der Waals surface area contributed by atoms with Crippen LogP contribution in [0.3, 0.4) is 0 Å². The van der Waals surface area contributed by atoms with E-state index in [4.69, 9.17) is 6.42 Å². The first-order valence-corrected chi connectivity index (χ1v) is 6.20. The van der Waals surface area contributed by atoms with Gasteiger partial charge in [0.1, 0.15) is 0 Å². The molecule has 0 aliphatic carbocycles. The lowest BCUT2D eigenvalue weighted by molar-refractivity contribution is 0.207. The van der Waals surface area contributed by atoms with Gasteiger partial charge in [0.05, 0.1) is 6.04 Å². The van der Waals surface area contributed by atoms with E-state index in [9.17, 15) is 0 Å². The van der Waals surface area contributed by atoms with Gasteiger partial charge in [0.15, 0.2) is 0 Å². The third kappa shape index (κ3) is 4.68. The van der Waals surface area contributed by atoms with Crippen molar-refractivity contribution in [2.75, 3.05) is 19.6 Å². The molecule has 0 spiro atoms. The van der Waals surface area contributed by atoms with Gasteiger partial charge in [-0.25, -0.2) is 0 Å². The molecule has 0 radical (unpaired) electrons. The second-order valence-corrected chi connectivity index (χ2v) is 4.56. The third-order valence-corrected chi connectivity index (χ3v) is 3.08. The molecule has 0 aromatic carbocycles. The number of hydrogen-bond acceptors (Lipinski definition) is 2. The van der Waals surface area contributed by atoms with Crippen LogP contribution in [0.1, 0.15) is 39.5 Å². The van der Waals surface area contributed by atoms with Crippen molar-refractivity contribution in [2.45, 2.75) is 51.6 Å². The summed E-state index contributed by atoms with van der Waals surface area (Å²) in [5.74, 6) is 2.79. The van der Waals surface area contributed by atoms with Crippen LogP contribution in [0.15, 0.2) is 0 Å². The molecule has 0 aromatic heterocycles. The van der Waals surface area contributed by atoms with E-state index in [-0.39, 0.29) is 6.04 Å². The van der Waals surface area contributed by atoms with E-state index >= 15 is 0 Å². The van der Waals surface area contributed by atoms with Crippen LogP contribution < -0.4 is 5.32 Å². The third-order valence-electron chi connectivity index (χ3n) is 3.08. The van der Waals surface area contributed by atoms with Crippen LogP contribution in [0.4, 0.5) is 0 Å². The summed E-state index contributed by atoms with van der Waals surface area (Å²) >= 11 is 0. The Morgan fingerprint density at radius 2 is 2.00 bits per heavy atom. The van der Waals surface area contributed by atoms with Gasteiger partial charge in [0, 0.05) is 12.6 Å². The highest BCUT2D eigenvalue weighted by molar-refractivity contribution is 4.98. The molecule has 1 N–H and O–H groups in total. The molecule has 15 heavy (non-hydrogen) atoms. The maximum Gasteiger partial charge on any atom is 0.0686 e. The van der Waals surface area contributed by atoms with Gasteiger partial charge < -0.3 is 4.90 Å². The molecule has 2 unspecified atom stereocenters. The van der Waals surface area contributed by atoms with Gasteiger partial charge in [0.25, 0.3) is 0 Å². The maximum absolute atomic E-state index is 5.44. The summed E-state index contributed by atoms with van der Waals surface area (Å²) in [4.78, 5) is 2.55. The van der Waals surface area contributed by atoms with E-state index in [0.29, 0.717) is 6.04 Å². The first kappa shape index (κ1) is 12.5. The minimum absolute atomic E-state index is 0.241. The molecule has 86 valence electrons. The lowest BCUT2D eigenvalue weighted by Crippen LogP contribution is -2.44. The van der Waals surface area contributed by atoms with Crippen LogP contribution in [0, 0.1) is 12.3 Å². The van der Waals surface area contributed by atoms with Crippen molar-refractivity contribution in [1.82, 2.24) is 10.2 Å². The van der Waals surface area contributed by atoms with E-state index in [1.165, 1.54) is 32.4 Å². The number of nitrogens with zero attached hydrogens (tertiary/aromatic N) is 1. The average molecular weight is 208 g/mol. The average Bonchev–Trinajstić information content (AvgIpc) is 2.27. The maximum atomic E-state index is 5.44. The summed E-state index contributed by atoms with van der Waals surface area (Å²) in [7, 11) is 0. The predicted molar refractivity (Wildman–Crippen MR) is 65.8 cm³/mol. The molecule has 1 heterocycles. The van der Waals surface area contributed by atoms with Crippen molar-refractivity contribution in [3.8, 4) is 12.3 Å². The standard InChI is InChI=1S/C13H24N2/c1-4-13(5-2)14-12(3)11-15-9-7-6-8-10-15/h1,12-14H,5-11H2,2-3H3. The van der Waals surface area contributed by atoms with E-state index in [1.807, 2.05) is 0 Å². The van der Waals surface area contributed by atoms with E-state index in [0.717, 1.165) is 13.0 Å². The lowest BCUT2D eigenvalue weighted by Gasteiger charge is -2.30. The Morgan fingerprint density at radius 3 is 2.53 bits per heavy atom. The predicted octanol–water partition coefficient (Wildman–Crippen LogP) is 1.86. The fourth-order valence-electron chi connectivity index (χ4n) is 2.21. The van der Waals surface area contributed by atoms with Crippen molar-refractivity contribution < 1.29 is 0 Å². The monoisotopic (exact) mass is 208 g/mol. The van der Waals surface area contributed by atoms with Crippen LogP contribution in [-0.4, -0.2) is 36.6 Å². The Hall–Kier alpha value is -0.520. The summed E-state index contributed by atoms with van der Waals surface area (Å²) in [6, 6.07) is 0.744. The molecule has 1 aliphatic rings. The molecule has 0 bridgehead atoms. The molecule has 1 aliphatic heterocycles. The van der Waals surface area contributed by atoms with E-state index < -0.39 is 0 Å². The number of rotatable bonds is 5. The van der Waals surface area contributed by atoms with Gasteiger partial charge in [-0.05, 0) is 39.3 Å². The minimum atomic E-state index is 0.241. The number of terminal acetylenes is 1.